The fraction of sp³-hybridized carbons (Fsp3) is 0.500. The third-order valence-corrected chi connectivity index (χ3v) is 4.44. The summed E-state index contributed by atoms with van der Waals surface area (Å²) in [5, 5.41) is 0. The van der Waals surface area contributed by atoms with Gasteiger partial charge in [0.25, 0.3) is 0 Å². The van der Waals surface area contributed by atoms with Crippen molar-refractivity contribution < 1.29 is 8.42 Å². The van der Waals surface area contributed by atoms with Crippen LogP contribution in [0.15, 0.2) is 18.2 Å². The molecule has 1 heterocycles. The minimum absolute atomic E-state index is 0.0802. The lowest BCUT2D eigenvalue weighted by Crippen LogP contribution is -2.38. The Kier molecular flexibility index (Phi) is 3.51. The number of aryl methyl sites for hydroxylation is 1. The van der Waals surface area contributed by atoms with Gasteiger partial charge >= 0.3 is 0 Å². The van der Waals surface area contributed by atoms with Crippen molar-refractivity contribution in [3.63, 3.8) is 0 Å². The minimum Gasteiger partial charge on any atom is -0.284 e. The summed E-state index contributed by atoms with van der Waals surface area (Å²) in [6.07, 6.45) is 0.927. The number of rotatable bonds is 3. The van der Waals surface area contributed by atoms with Crippen molar-refractivity contribution in [1.29, 1.82) is 0 Å². The quantitative estimate of drug-likeness (QED) is 0.870. The zero-order valence-electron chi connectivity index (χ0n) is 10.2. The van der Waals surface area contributed by atoms with Crippen LogP contribution in [-0.4, -0.2) is 32.8 Å². The second-order valence-electron chi connectivity index (χ2n) is 4.52. The summed E-state index contributed by atoms with van der Waals surface area (Å²) in [7, 11) is -1.70. The first kappa shape index (κ1) is 12.5. The van der Waals surface area contributed by atoms with Gasteiger partial charge in [0, 0.05) is 13.1 Å². The number of nitrogens with zero attached hydrogens (tertiary/aromatic N) is 1. The molecule has 0 aliphatic carbocycles. The van der Waals surface area contributed by atoms with E-state index in [1.165, 1.54) is 23.7 Å². The van der Waals surface area contributed by atoms with Gasteiger partial charge in [-0.25, -0.2) is 13.1 Å². The molecule has 0 saturated heterocycles. The summed E-state index contributed by atoms with van der Waals surface area (Å²) in [4.78, 5) is 1.96. The van der Waals surface area contributed by atoms with Crippen molar-refractivity contribution >= 4 is 10.0 Å². The predicted octanol–water partition coefficient (Wildman–Crippen LogP) is 0.860. The number of benzene rings is 1. The number of fused-ring (bicyclic) bond motifs is 1. The fourth-order valence-electron chi connectivity index (χ4n) is 2.16. The van der Waals surface area contributed by atoms with Gasteiger partial charge in [-0.2, -0.15) is 0 Å². The Morgan fingerprint density at radius 3 is 2.82 bits per heavy atom. The van der Waals surface area contributed by atoms with E-state index in [0.717, 1.165) is 19.5 Å². The van der Waals surface area contributed by atoms with Crippen LogP contribution < -0.4 is 4.72 Å². The van der Waals surface area contributed by atoms with Gasteiger partial charge in [0.1, 0.15) is 5.88 Å². The highest BCUT2D eigenvalue weighted by atomic mass is 32.2. The molecule has 17 heavy (non-hydrogen) atoms. The van der Waals surface area contributed by atoms with Crippen LogP contribution in [0.4, 0.5) is 0 Å². The van der Waals surface area contributed by atoms with Gasteiger partial charge in [-0.1, -0.05) is 23.8 Å². The van der Waals surface area contributed by atoms with E-state index >= 15 is 0 Å². The molecule has 1 aromatic rings. The highest BCUT2D eigenvalue weighted by Crippen LogP contribution is 2.20. The third-order valence-electron chi connectivity index (χ3n) is 3.12. The van der Waals surface area contributed by atoms with Crippen LogP contribution in [0.2, 0.25) is 0 Å². The molecule has 0 atom stereocenters. The predicted molar refractivity (Wildman–Crippen MR) is 68.1 cm³/mol. The second-order valence-corrected chi connectivity index (χ2v) is 6.42. The molecule has 1 aromatic carbocycles. The SMILES string of the molecule is CNS(=O)(=O)CN1CCc2cc(C)ccc2C1. The van der Waals surface area contributed by atoms with Crippen molar-refractivity contribution in [1.82, 2.24) is 9.62 Å². The van der Waals surface area contributed by atoms with E-state index in [2.05, 4.69) is 29.8 Å². The van der Waals surface area contributed by atoms with Gasteiger partial charge in [-0.05, 0) is 31.5 Å². The largest absolute Gasteiger partial charge is 0.284 e. The Balaban J connectivity index is 2.12. The highest BCUT2D eigenvalue weighted by Gasteiger charge is 2.20. The topological polar surface area (TPSA) is 49.4 Å². The fourth-order valence-corrected chi connectivity index (χ4v) is 2.99. The summed E-state index contributed by atoms with van der Waals surface area (Å²) in [5.41, 5.74) is 3.86. The molecule has 1 N–H and O–H groups in total. The van der Waals surface area contributed by atoms with Crippen LogP contribution in [0, 0.1) is 6.92 Å². The smallest absolute Gasteiger partial charge is 0.224 e. The van der Waals surface area contributed by atoms with Gasteiger partial charge in [-0.3, -0.25) is 4.90 Å². The number of nitrogens with one attached hydrogen (secondary N) is 1. The molecule has 0 unspecified atom stereocenters. The Hall–Kier alpha value is -0.910. The number of hydrogen-bond acceptors (Lipinski definition) is 3. The zero-order chi connectivity index (χ0) is 12.5. The van der Waals surface area contributed by atoms with E-state index in [1.54, 1.807) is 0 Å². The van der Waals surface area contributed by atoms with Gasteiger partial charge in [0.05, 0.1) is 0 Å². The first-order chi connectivity index (χ1) is 8.00. The lowest BCUT2D eigenvalue weighted by atomic mass is 9.98. The molecule has 1 aliphatic rings. The lowest BCUT2D eigenvalue weighted by molar-refractivity contribution is 0.292. The normalized spacial score (nSPS) is 16.8. The summed E-state index contributed by atoms with van der Waals surface area (Å²) in [5.74, 6) is 0.0802. The van der Waals surface area contributed by atoms with Crippen molar-refractivity contribution in [2.24, 2.45) is 0 Å². The molecule has 5 heteroatoms. The number of hydrogen-bond donors (Lipinski definition) is 1. The Morgan fingerprint density at radius 2 is 2.12 bits per heavy atom. The van der Waals surface area contributed by atoms with Crippen LogP contribution in [-0.2, 0) is 23.0 Å². The molecule has 0 aromatic heterocycles. The first-order valence-electron chi connectivity index (χ1n) is 5.72. The van der Waals surface area contributed by atoms with Crippen molar-refractivity contribution in [3.05, 3.63) is 34.9 Å². The van der Waals surface area contributed by atoms with Crippen LogP contribution >= 0.6 is 0 Å². The maximum atomic E-state index is 11.5. The molecule has 2 rings (SSSR count). The molecule has 0 radical (unpaired) electrons. The van der Waals surface area contributed by atoms with Crippen molar-refractivity contribution in [2.75, 3.05) is 19.5 Å². The molecule has 0 spiro atoms. The molecular weight excluding hydrogens is 236 g/mol. The van der Waals surface area contributed by atoms with E-state index in [-0.39, 0.29) is 5.88 Å². The average molecular weight is 254 g/mol. The average Bonchev–Trinajstić information content (AvgIpc) is 2.29. The Bertz CT molecular complexity index is 511. The summed E-state index contributed by atoms with van der Waals surface area (Å²) in [6.45, 7) is 3.60. The number of sulfonamides is 1. The highest BCUT2D eigenvalue weighted by molar-refractivity contribution is 7.89. The minimum atomic E-state index is -3.15. The Morgan fingerprint density at radius 1 is 1.35 bits per heavy atom. The molecular formula is C12H18N2O2S. The third kappa shape index (κ3) is 3.06. The standard InChI is InChI=1S/C12H18N2O2S/c1-10-3-4-12-8-14(6-5-11(12)7-10)9-17(15,16)13-2/h3-4,7,13H,5-6,8-9H2,1-2H3. The zero-order valence-corrected chi connectivity index (χ0v) is 11.0. The summed E-state index contributed by atoms with van der Waals surface area (Å²) >= 11 is 0. The van der Waals surface area contributed by atoms with E-state index < -0.39 is 10.0 Å². The molecule has 0 amide bonds. The summed E-state index contributed by atoms with van der Waals surface area (Å²) in [6, 6.07) is 6.37. The Labute approximate surface area is 103 Å². The maximum Gasteiger partial charge on any atom is 0.224 e. The van der Waals surface area contributed by atoms with Crippen LogP contribution in [0.3, 0.4) is 0 Å². The van der Waals surface area contributed by atoms with E-state index in [1.807, 2.05) is 4.90 Å². The second kappa shape index (κ2) is 4.76. The molecule has 1 aliphatic heterocycles. The summed E-state index contributed by atoms with van der Waals surface area (Å²) < 4.78 is 25.3. The first-order valence-corrected chi connectivity index (χ1v) is 7.37. The van der Waals surface area contributed by atoms with Crippen LogP contribution in [0.25, 0.3) is 0 Å². The van der Waals surface area contributed by atoms with Gasteiger partial charge in [0.15, 0.2) is 0 Å². The van der Waals surface area contributed by atoms with E-state index in [4.69, 9.17) is 0 Å². The molecule has 4 nitrogen and oxygen atoms in total. The van der Waals surface area contributed by atoms with Crippen LogP contribution in [0.5, 0.6) is 0 Å². The molecule has 0 saturated carbocycles. The maximum absolute atomic E-state index is 11.5. The van der Waals surface area contributed by atoms with Crippen molar-refractivity contribution in [2.45, 2.75) is 19.9 Å². The van der Waals surface area contributed by atoms with E-state index in [0.29, 0.717) is 0 Å². The van der Waals surface area contributed by atoms with Crippen molar-refractivity contribution in [3.8, 4) is 0 Å². The molecule has 0 fully saturated rings. The monoisotopic (exact) mass is 254 g/mol. The van der Waals surface area contributed by atoms with E-state index in [9.17, 15) is 8.42 Å². The van der Waals surface area contributed by atoms with Gasteiger partial charge in [0.2, 0.25) is 10.0 Å². The van der Waals surface area contributed by atoms with Gasteiger partial charge < -0.3 is 0 Å². The van der Waals surface area contributed by atoms with Gasteiger partial charge in [-0.15, -0.1) is 0 Å². The van der Waals surface area contributed by atoms with Crippen LogP contribution in [0.1, 0.15) is 16.7 Å². The molecule has 94 valence electrons. The lowest BCUT2D eigenvalue weighted by Gasteiger charge is -2.28. The molecule has 0 bridgehead atoms.